The third-order valence-electron chi connectivity index (χ3n) is 4.19. The maximum absolute atomic E-state index is 12.2. The molecule has 0 fully saturated rings. The predicted octanol–water partition coefficient (Wildman–Crippen LogP) is 3.96. The van der Waals surface area contributed by atoms with Crippen molar-refractivity contribution in [3.8, 4) is 0 Å². The number of anilines is 1. The van der Waals surface area contributed by atoms with Crippen LogP contribution in [-0.2, 0) is 16.0 Å². The average molecular weight is 387 g/mol. The first kappa shape index (κ1) is 20.6. The van der Waals surface area contributed by atoms with E-state index in [1.807, 2.05) is 24.3 Å². The summed E-state index contributed by atoms with van der Waals surface area (Å²) in [5.74, 6) is -0.333. The van der Waals surface area contributed by atoms with Gasteiger partial charge in [-0.1, -0.05) is 35.9 Å². The van der Waals surface area contributed by atoms with E-state index in [2.05, 4.69) is 5.32 Å². The van der Waals surface area contributed by atoms with Gasteiger partial charge in [-0.2, -0.15) is 0 Å². The first-order valence-electron chi connectivity index (χ1n) is 8.76. The van der Waals surface area contributed by atoms with Gasteiger partial charge in [0.15, 0.2) is 5.78 Å². The van der Waals surface area contributed by atoms with Gasteiger partial charge in [0.05, 0.1) is 0 Å². The van der Waals surface area contributed by atoms with E-state index in [1.165, 1.54) is 13.8 Å². The Balaban J connectivity index is 1.86. The Kier molecular flexibility index (Phi) is 7.55. The summed E-state index contributed by atoms with van der Waals surface area (Å²) in [6.45, 7) is 3.84. The molecule has 2 aromatic rings. The van der Waals surface area contributed by atoms with Gasteiger partial charge in [0.2, 0.25) is 11.8 Å². The van der Waals surface area contributed by atoms with Crippen LogP contribution in [-0.4, -0.2) is 35.6 Å². The molecule has 0 aliphatic rings. The largest absolute Gasteiger partial charge is 0.342 e. The van der Waals surface area contributed by atoms with Gasteiger partial charge < -0.3 is 10.2 Å². The lowest BCUT2D eigenvalue weighted by atomic mass is 10.1. The van der Waals surface area contributed by atoms with Gasteiger partial charge in [-0.25, -0.2) is 0 Å². The summed E-state index contributed by atoms with van der Waals surface area (Å²) >= 11 is 5.88. The molecule has 0 heterocycles. The summed E-state index contributed by atoms with van der Waals surface area (Å²) in [5.41, 5.74) is 2.19. The van der Waals surface area contributed by atoms with Crippen molar-refractivity contribution >= 4 is 34.9 Å². The minimum atomic E-state index is -0.201. The molecule has 5 nitrogen and oxygen atoms in total. The number of rotatable bonds is 8. The van der Waals surface area contributed by atoms with Crippen molar-refractivity contribution in [3.63, 3.8) is 0 Å². The topological polar surface area (TPSA) is 66.5 Å². The number of hydrogen-bond donors (Lipinski definition) is 1. The first-order valence-corrected chi connectivity index (χ1v) is 9.14. The summed E-state index contributed by atoms with van der Waals surface area (Å²) in [7, 11) is 0. The highest BCUT2D eigenvalue weighted by Gasteiger charge is 2.12. The molecule has 0 saturated carbocycles. The number of hydrogen-bond acceptors (Lipinski definition) is 3. The average Bonchev–Trinajstić information content (AvgIpc) is 2.63. The number of nitrogens with one attached hydrogen (secondary N) is 1. The molecule has 0 aliphatic carbocycles. The fourth-order valence-electron chi connectivity index (χ4n) is 2.62. The molecule has 0 bridgehead atoms. The zero-order valence-corrected chi connectivity index (χ0v) is 16.3. The Hall–Kier alpha value is -2.66. The van der Waals surface area contributed by atoms with Crippen LogP contribution in [0.1, 0.15) is 36.2 Å². The van der Waals surface area contributed by atoms with Crippen LogP contribution in [0.15, 0.2) is 48.5 Å². The molecule has 2 aromatic carbocycles. The van der Waals surface area contributed by atoms with Gasteiger partial charge in [-0.15, -0.1) is 0 Å². The molecule has 27 heavy (non-hydrogen) atoms. The highest BCUT2D eigenvalue weighted by Crippen LogP contribution is 2.12. The normalized spacial score (nSPS) is 10.3. The molecule has 0 spiro atoms. The van der Waals surface area contributed by atoms with Crippen LogP contribution in [0.5, 0.6) is 0 Å². The van der Waals surface area contributed by atoms with Crippen molar-refractivity contribution in [2.75, 3.05) is 18.4 Å². The smallest absolute Gasteiger partial charge is 0.226 e. The van der Waals surface area contributed by atoms with E-state index in [-0.39, 0.29) is 24.0 Å². The Morgan fingerprint density at radius 3 is 2.33 bits per heavy atom. The van der Waals surface area contributed by atoms with Crippen molar-refractivity contribution in [1.29, 1.82) is 0 Å². The lowest BCUT2D eigenvalue weighted by molar-refractivity contribution is -0.129. The molecule has 0 saturated heterocycles. The number of amides is 2. The number of carbonyl (C=O) groups is 3. The maximum atomic E-state index is 12.2. The second kappa shape index (κ2) is 9.88. The highest BCUT2D eigenvalue weighted by molar-refractivity contribution is 6.30. The summed E-state index contributed by atoms with van der Waals surface area (Å²) in [6.07, 6.45) is 0.878. The molecule has 6 heteroatoms. The van der Waals surface area contributed by atoms with Gasteiger partial charge in [0.25, 0.3) is 0 Å². The van der Waals surface area contributed by atoms with E-state index >= 15 is 0 Å². The number of Topliss-reactive ketones (excluding diaryl/α,β-unsaturated/α-hetero) is 1. The van der Waals surface area contributed by atoms with Crippen LogP contribution in [0.25, 0.3) is 0 Å². The molecule has 0 radical (unpaired) electrons. The molecule has 0 atom stereocenters. The van der Waals surface area contributed by atoms with Crippen LogP contribution in [0.2, 0.25) is 5.02 Å². The Labute approximate surface area is 164 Å². The van der Waals surface area contributed by atoms with Crippen molar-refractivity contribution < 1.29 is 14.4 Å². The molecule has 2 amide bonds. The summed E-state index contributed by atoms with van der Waals surface area (Å²) in [5, 5.41) is 3.44. The predicted molar refractivity (Wildman–Crippen MR) is 107 cm³/mol. The van der Waals surface area contributed by atoms with Gasteiger partial charge in [-0.05, 0) is 43.2 Å². The van der Waals surface area contributed by atoms with Crippen molar-refractivity contribution in [2.45, 2.75) is 26.7 Å². The molecule has 0 unspecified atom stereocenters. The molecule has 0 aliphatic heterocycles. The van der Waals surface area contributed by atoms with Crippen molar-refractivity contribution in [2.24, 2.45) is 0 Å². The van der Waals surface area contributed by atoms with E-state index in [0.717, 1.165) is 5.56 Å². The van der Waals surface area contributed by atoms with Gasteiger partial charge in [0, 0.05) is 42.7 Å². The van der Waals surface area contributed by atoms with E-state index in [9.17, 15) is 14.4 Å². The standard InChI is InChI=1S/C21H23ClN2O3/c1-15(25)18-4-3-5-20(14-18)23-21(27)11-13-24(16(2)26)12-10-17-6-8-19(22)9-7-17/h3-9,14H,10-13H2,1-2H3,(H,23,27). The maximum Gasteiger partial charge on any atom is 0.226 e. The number of benzene rings is 2. The van der Waals surface area contributed by atoms with E-state index in [0.29, 0.717) is 35.8 Å². The van der Waals surface area contributed by atoms with Gasteiger partial charge in [0.1, 0.15) is 0 Å². The number of halogens is 1. The van der Waals surface area contributed by atoms with Crippen LogP contribution >= 0.6 is 11.6 Å². The van der Waals surface area contributed by atoms with Crippen LogP contribution < -0.4 is 5.32 Å². The second-order valence-electron chi connectivity index (χ2n) is 6.32. The highest BCUT2D eigenvalue weighted by atomic mass is 35.5. The van der Waals surface area contributed by atoms with E-state index in [1.54, 1.807) is 29.2 Å². The fraction of sp³-hybridized carbons (Fsp3) is 0.286. The van der Waals surface area contributed by atoms with Gasteiger partial charge in [-0.3, -0.25) is 14.4 Å². The minimum Gasteiger partial charge on any atom is -0.342 e. The number of nitrogens with zero attached hydrogens (tertiary/aromatic N) is 1. The molecule has 1 N–H and O–H groups in total. The molecule has 142 valence electrons. The van der Waals surface area contributed by atoms with Gasteiger partial charge >= 0.3 is 0 Å². The van der Waals surface area contributed by atoms with Crippen LogP contribution in [0, 0.1) is 0 Å². The zero-order chi connectivity index (χ0) is 19.8. The molecule has 2 rings (SSSR count). The Bertz CT molecular complexity index is 818. The third kappa shape index (κ3) is 6.87. The third-order valence-corrected chi connectivity index (χ3v) is 4.44. The molecular formula is C21H23ClN2O3. The lowest BCUT2D eigenvalue weighted by Crippen LogP contribution is -2.33. The second-order valence-corrected chi connectivity index (χ2v) is 6.75. The van der Waals surface area contributed by atoms with Crippen molar-refractivity contribution in [1.82, 2.24) is 4.90 Å². The number of ketones is 1. The Morgan fingerprint density at radius 1 is 1.00 bits per heavy atom. The zero-order valence-electron chi connectivity index (χ0n) is 15.5. The van der Waals surface area contributed by atoms with Crippen LogP contribution in [0.4, 0.5) is 5.69 Å². The SMILES string of the molecule is CC(=O)c1cccc(NC(=O)CCN(CCc2ccc(Cl)cc2)C(C)=O)c1. The molecule has 0 aromatic heterocycles. The summed E-state index contributed by atoms with van der Waals surface area (Å²) in [4.78, 5) is 37.1. The lowest BCUT2D eigenvalue weighted by Gasteiger charge is -2.21. The summed E-state index contributed by atoms with van der Waals surface area (Å²) < 4.78 is 0. The fourth-order valence-corrected chi connectivity index (χ4v) is 2.74. The molecular weight excluding hydrogens is 364 g/mol. The van der Waals surface area contributed by atoms with Crippen LogP contribution in [0.3, 0.4) is 0 Å². The van der Waals surface area contributed by atoms with E-state index in [4.69, 9.17) is 11.6 Å². The van der Waals surface area contributed by atoms with E-state index < -0.39 is 0 Å². The van der Waals surface area contributed by atoms with Crippen molar-refractivity contribution in [3.05, 3.63) is 64.7 Å². The Morgan fingerprint density at radius 2 is 1.70 bits per heavy atom. The summed E-state index contributed by atoms with van der Waals surface area (Å²) in [6, 6.07) is 14.3. The first-order chi connectivity index (χ1) is 12.8. The minimum absolute atomic E-state index is 0.0592. The number of carbonyl (C=O) groups excluding carboxylic acids is 3. The monoisotopic (exact) mass is 386 g/mol. The quantitative estimate of drug-likeness (QED) is 0.698.